The van der Waals surface area contributed by atoms with E-state index < -0.39 is 0 Å². The van der Waals surface area contributed by atoms with Crippen LogP contribution >= 0.6 is 22.9 Å². The lowest BCUT2D eigenvalue weighted by molar-refractivity contribution is -0.142. The number of hydrogen-bond acceptors (Lipinski definition) is 4. The zero-order valence-electron chi connectivity index (χ0n) is 12.0. The summed E-state index contributed by atoms with van der Waals surface area (Å²) in [6, 6.07) is 5.64. The van der Waals surface area contributed by atoms with Crippen LogP contribution in [0.5, 0.6) is 0 Å². The Bertz CT molecular complexity index is 679. The molecule has 0 saturated heterocycles. The van der Waals surface area contributed by atoms with Crippen molar-refractivity contribution in [2.24, 2.45) is 0 Å². The molecule has 0 fully saturated rings. The molecular weight excluding hydrogens is 306 g/mol. The van der Waals surface area contributed by atoms with Crippen LogP contribution in [0.15, 0.2) is 30.2 Å². The third kappa shape index (κ3) is 3.93. The van der Waals surface area contributed by atoms with Crippen LogP contribution in [0.2, 0.25) is 5.02 Å². The van der Waals surface area contributed by atoms with E-state index in [1.165, 1.54) is 11.3 Å². The Balaban J connectivity index is 2.29. The minimum atomic E-state index is -0.259. The van der Waals surface area contributed by atoms with Gasteiger partial charge in [0.15, 0.2) is 0 Å². The largest absolute Gasteiger partial charge is 0.466 e. The van der Waals surface area contributed by atoms with Gasteiger partial charge in [-0.2, -0.15) is 0 Å². The first-order chi connectivity index (χ1) is 10.0. The summed E-state index contributed by atoms with van der Waals surface area (Å²) in [6.07, 6.45) is 0.195. The van der Waals surface area contributed by atoms with Crippen LogP contribution in [0.4, 0.5) is 0 Å². The Morgan fingerprint density at radius 1 is 1.48 bits per heavy atom. The second-order valence-electron chi connectivity index (χ2n) is 4.60. The lowest BCUT2D eigenvalue weighted by Crippen LogP contribution is -2.07. The molecule has 0 unspecified atom stereocenters. The Hall–Kier alpha value is -1.65. The van der Waals surface area contributed by atoms with Gasteiger partial charge in [-0.15, -0.1) is 11.3 Å². The molecule has 1 aromatic heterocycles. The highest BCUT2D eigenvalue weighted by atomic mass is 35.5. The van der Waals surface area contributed by atoms with E-state index in [1.54, 1.807) is 6.92 Å². The topological polar surface area (TPSA) is 39.2 Å². The molecule has 5 heteroatoms. The lowest BCUT2D eigenvalue weighted by atomic mass is 10.0. The molecule has 0 aliphatic rings. The third-order valence-electron chi connectivity index (χ3n) is 2.85. The first kappa shape index (κ1) is 15.7. The van der Waals surface area contributed by atoms with Gasteiger partial charge in [0.1, 0.15) is 5.01 Å². The van der Waals surface area contributed by atoms with Crippen molar-refractivity contribution in [2.75, 3.05) is 6.61 Å². The first-order valence-electron chi connectivity index (χ1n) is 6.57. The fourth-order valence-electron chi connectivity index (χ4n) is 1.93. The van der Waals surface area contributed by atoms with E-state index in [2.05, 4.69) is 11.6 Å². The molecule has 0 atom stereocenters. The number of carbonyl (C=O) groups is 1. The Labute approximate surface area is 133 Å². The highest BCUT2D eigenvalue weighted by molar-refractivity contribution is 7.13. The van der Waals surface area contributed by atoms with Crippen molar-refractivity contribution in [1.82, 2.24) is 4.98 Å². The molecule has 0 amide bonds. The van der Waals surface area contributed by atoms with Crippen molar-refractivity contribution in [3.05, 3.63) is 46.4 Å². The summed E-state index contributed by atoms with van der Waals surface area (Å²) in [6.45, 7) is 8.08. The van der Waals surface area contributed by atoms with Crippen LogP contribution in [0.3, 0.4) is 0 Å². The number of hydrogen-bond donors (Lipinski definition) is 0. The van der Waals surface area contributed by atoms with Gasteiger partial charge in [-0.25, -0.2) is 4.98 Å². The standard InChI is InChI=1S/C16H16ClNO2S/c1-4-20-15(19)8-12-9-21-16(18-12)13-6-5-11(17)7-14(13)10(2)3/h5-7,9H,2,4,8H2,1,3H3. The van der Waals surface area contributed by atoms with Crippen LogP contribution in [0, 0.1) is 0 Å². The summed E-state index contributed by atoms with van der Waals surface area (Å²) < 4.78 is 4.93. The molecule has 0 saturated carbocycles. The van der Waals surface area contributed by atoms with Gasteiger partial charge in [-0.3, -0.25) is 4.79 Å². The van der Waals surface area contributed by atoms with Crippen molar-refractivity contribution < 1.29 is 9.53 Å². The Kier molecular flexibility index (Phi) is 5.15. The number of esters is 1. The molecule has 2 aromatic rings. The van der Waals surface area contributed by atoms with E-state index in [0.717, 1.165) is 27.4 Å². The molecule has 0 bridgehead atoms. The van der Waals surface area contributed by atoms with E-state index in [-0.39, 0.29) is 12.4 Å². The average Bonchev–Trinajstić information content (AvgIpc) is 2.87. The predicted molar refractivity (Wildman–Crippen MR) is 87.6 cm³/mol. The van der Waals surface area contributed by atoms with Gasteiger partial charge in [0.05, 0.1) is 18.7 Å². The molecular formula is C16H16ClNO2S. The van der Waals surface area contributed by atoms with Crippen molar-refractivity contribution in [2.45, 2.75) is 20.3 Å². The van der Waals surface area contributed by atoms with Crippen LogP contribution in [-0.2, 0) is 16.0 Å². The third-order valence-corrected chi connectivity index (χ3v) is 4.01. The molecule has 110 valence electrons. The van der Waals surface area contributed by atoms with Crippen LogP contribution in [0.1, 0.15) is 25.1 Å². The molecule has 0 aliphatic carbocycles. The lowest BCUT2D eigenvalue weighted by Gasteiger charge is -2.07. The number of aromatic nitrogens is 1. The highest BCUT2D eigenvalue weighted by Gasteiger charge is 2.13. The van der Waals surface area contributed by atoms with Gasteiger partial charge >= 0.3 is 5.97 Å². The second-order valence-corrected chi connectivity index (χ2v) is 5.89. The highest BCUT2D eigenvalue weighted by Crippen LogP contribution is 2.32. The normalized spacial score (nSPS) is 10.4. The van der Waals surface area contributed by atoms with E-state index in [9.17, 15) is 4.79 Å². The van der Waals surface area contributed by atoms with E-state index in [0.29, 0.717) is 11.6 Å². The summed E-state index contributed by atoms with van der Waals surface area (Å²) >= 11 is 7.53. The van der Waals surface area contributed by atoms with Crippen molar-refractivity contribution in [3.63, 3.8) is 0 Å². The minimum Gasteiger partial charge on any atom is -0.466 e. The molecule has 21 heavy (non-hydrogen) atoms. The van der Waals surface area contributed by atoms with Gasteiger partial charge in [0.25, 0.3) is 0 Å². The quantitative estimate of drug-likeness (QED) is 0.755. The van der Waals surface area contributed by atoms with Gasteiger partial charge < -0.3 is 4.74 Å². The smallest absolute Gasteiger partial charge is 0.311 e. The van der Waals surface area contributed by atoms with Crippen molar-refractivity contribution in [3.8, 4) is 10.6 Å². The molecule has 0 N–H and O–H groups in total. The number of nitrogens with zero attached hydrogens (tertiary/aromatic N) is 1. The van der Waals surface area contributed by atoms with E-state index in [4.69, 9.17) is 16.3 Å². The molecule has 1 aromatic carbocycles. The number of rotatable bonds is 5. The van der Waals surface area contributed by atoms with Crippen LogP contribution in [0.25, 0.3) is 16.1 Å². The summed E-state index contributed by atoms with van der Waals surface area (Å²) in [7, 11) is 0. The van der Waals surface area contributed by atoms with E-state index >= 15 is 0 Å². The van der Waals surface area contributed by atoms with E-state index in [1.807, 2.05) is 30.5 Å². The number of ether oxygens (including phenoxy) is 1. The molecule has 1 heterocycles. The molecule has 2 rings (SSSR count). The summed E-state index contributed by atoms with van der Waals surface area (Å²) in [4.78, 5) is 16.0. The Morgan fingerprint density at radius 2 is 2.24 bits per heavy atom. The summed E-state index contributed by atoms with van der Waals surface area (Å²) in [5.74, 6) is -0.259. The zero-order chi connectivity index (χ0) is 15.4. The average molecular weight is 322 g/mol. The van der Waals surface area contributed by atoms with Crippen molar-refractivity contribution >= 4 is 34.5 Å². The maximum atomic E-state index is 11.5. The van der Waals surface area contributed by atoms with Gasteiger partial charge in [0, 0.05) is 16.0 Å². The first-order valence-corrected chi connectivity index (χ1v) is 7.83. The number of allylic oxidation sites excluding steroid dienone is 1. The second kappa shape index (κ2) is 6.87. The molecule has 0 radical (unpaired) electrons. The number of benzene rings is 1. The van der Waals surface area contributed by atoms with Gasteiger partial charge in [-0.1, -0.05) is 23.8 Å². The fraction of sp³-hybridized carbons (Fsp3) is 0.250. The fourth-order valence-corrected chi connectivity index (χ4v) is 2.96. The Morgan fingerprint density at radius 3 is 2.90 bits per heavy atom. The monoisotopic (exact) mass is 321 g/mol. The van der Waals surface area contributed by atoms with Crippen LogP contribution in [-0.4, -0.2) is 17.6 Å². The summed E-state index contributed by atoms with van der Waals surface area (Å²) in [5.41, 5.74) is 3.59. The SMILES string of the molecule is C=C(C)c1cc(Cl)ccc1-c1nc(CC(=O)OCC)cs1. The molecule has 3 nitrogen and oxygen atoms in total. The maximum Gasteiger partial charge on any atom is 0.311 e. The number of halogens is 1. The summed E-state index contributed by atoms with van der Waals surface area (Å²) in [5, 5.41) is 3.40. The molecule has 0 aliphatic heterocycles. The number of thiazole rings is 1. The number of carbonyl (C=O) groups excluding carboxylic acids is 1. The maximum absolute atomic E-state index is 11.5. The minimum absolute atomic E-state index is 0.195. The van der Waals surface area contributed by atoms with Crippen molar-refractivity contribution in [1.29, 1.82) is 0 Å². The van der Waals surface area contributed by atoms with Gasteiger partial charge in [0.2, 0.25) is 0 Å². The predicted octanol–water partition coefficient (Wildman–Crippen LogP) is 4.60. The van der Waals surface area contributed by atoms with Gasteiger partial charge in [-0.05, 0) is 37.6 Å². The molecule has 0 spiro atoms. The zero-order valence-corrected chi connectivity index (χ0v) is 13.6. The van der Waals surface area contributed by atoms with Crippen LogP contribution < -0.4 is 0 Å².